The average molecular weight is 286 g/mol. The largest absolute Gasteiger partial charge is 0.362 e. The maximum Gasteiger partial charge on any atom is 0.243 e. The van der Waals surface area contributed by atoms with Crippen molar-refractivity contribution in [2.45, 2.75) is 13.8 Å². The second kappa shape index (κ2) is 6.88. The molecule has 0 bridgehead atoms. The monoisotopic (exact) mass is 286 g/mol. The fraction of sp³-hybridized carbons (Fsp3) is 0.235. The Kier molecular flexibility index (Phi) is 4.93. The summed E-state index contributed by atoms with van der Waals surface area (Å²) in [6, 6.07) is 14.4. The van der Waals surface area contributed by atoms with Crippen LogP contribution in [-0.2, 0) is 4.79 Å². The fourth-order valence-electron chi connectivity index (χ4n) is 2.11. The van der Waals surface area contributed by atoms with Crippen molar-refractivity contribution in [2.24, 2.45) is 0 Å². The minimum atomic E-state index is -0.411. The van der Waals surface area contributed by atoms with E-state index >= 15 is 0 Å². The van der Waals surface area contributed by atoms with Gasteiger partial charge in [-0.15, -0.1) is 0 Å². The summed E-state index contributed by atoms with van der Waals surface area (Å²) >= 11 is 0. The van der Waals surface area contributed by atoms with Crippen molar-refractivity contribution in [3.8, 4) is 0 Å². The Morgan fingerprint density at radius 1 is 1.19 bits per heavy atom. The Hall–Kier alpha value is -2.36. The standard InChI is InChI=1S/C17H19FN2O/c1-3-20(14-7-5-4-6-8-14)12-17(21)19-16-10-9-13(2)11-15(16)18/h4-11H,3,12H2,1-2H3,(H,19,21). The number of aryl methyl sites for hydroxylation is 1. The number of hydrogen-bond acceptors (Lipinski definition) is 2. The molecule has 3 nitrogen and oxygen atoms in total. The van der Waals surface area contributed by atoms with Crippen molar-refractivity contribution < 1.29 is 9.18 Å². The molecule has 0 spiro atoms. The van der Waals surface area contributed by atoms with Crippen molar-refractivity contribution in [1.82, 2.24) is 0 Å². The summed E-state index contributed by atoms with van der Waals surface area (Å²) in [5.74, 6) is -0.644. The van der Waals surface area contributed by atoms with E-state index in [0.717, 1.165) is 11.3 Å². The zero-order chi connectivity index (χ0) is 15.2. The van der Waals surface area contributed by atoms with Crippen LogP contribution in [0.3, 0.4) is 0 Å². The van der Waals surface area contributed by atoms with Crippen LogP contribution in [0.5, 0.6) is 0 Å². The Morgan fingerprint density at radius 2 is 1.90 bits per heavy atom. The Labute approximate surface area is 124 Å². The molecule has 0 aromatic heterocycles. The first kappa shape index (κ1) is 15.0. The minimum absolute atomic E-state index is 0.188. The van der Waals surface area contributed by atoms with Gasteiger partial charge in [0.25, 0.3) is 0 Å². The number of nitrogens with one attached hydrogen (secondary N) is 1. The van der Waals surface area contributed by atoms with Gasteiger partial charge in [0.1, 0.15) is 5.82 Å². The third kappa shape index (κ3) is 4.05. The summed E-state index contributed by atoms with van der Waals surface area (Å²) in [6.07, 6.45) is 0. The first-order chi connectivity index (χ1) is 10.1. The summed E-state index contributed by atoms with van der Waals surface area (Å²) in [5, 5.41) is 2.62. The fourth-order valence-corrected chi connectivity index (χ4v) is 2.11. The van der Waals surface area contributed by atoms with Crippen molar-refractivity contribution in [3.05, 3.63) is 59.9 Å². The van der Waals surface area contributed by atoms with Gasteiger partial charge in [0.15, 0.2) is 0 Å². The lowest BCUT2D eigenvalue weighted by Crippen LogP contribution is -2.33. The molecule has 0 saturated heterocycles. The van der Waals surface area contributed by atoms with Gasteiger partial charge in [-0.1, -0.05) is 24.3 Å². The van der Waals surface area contributed by atoms with Crippen molar-refractivity contribution in [3.63, 3.8) is 0 Å². The van der Waals surface area contributed by atoms with E-state index in [2.05, 4.69) is 5.32 Å². The van der Waals surface area contributed by atoms with Gasteiger partial charge in [-0.3, -0.25) is 4.79 Å². The van der Waals surface area contributed by atoms with E-state index in [1.165, 1.54) is 6.07 Å². The van der Waals surface area contributed by atoms with Crippen LogP contribution in [0, 0.1) is 12.7 Å². The number of halogens is 1. The number of amides is 1. The Balaban J connectivity index is 2.03. The molecule has 0 aliphatic carbocycles. The summed E-state index contributed by atoms with van der Waals surface area (Å²) in [5.41, 5.74) is 2.01. The number of carbonyl (C=O) groups is 1. The molecule has 1 N–H and O–H groups in total. The smallest absolute Gasteiger partial charge is 0.243 e. The molecule has 21 heavy (non-hydrogen) atoms. The molecular formula is C17H19FN2O. The average Bonchev–Trinajstić information content (AvgIpc) is 2.48. The number of anilines is 2. The topological polar surface area (TPSA) is 32.3 Å². The summed E-state index contributed by atoms with van der Waals surface area (Å²) in [7, 11) is 0. The maximum absolute atomic E-state index is 13.7. The lowest BCUT2D eigenvalue weighted by atomic mass is 10.2. The van der Waals surface area contributed by atoms with Crippen LogP contribution in [0.15, 0.2) is 48.5 Å². The van der Waals surface area contributed by atoms with Gasteiger partial charge in [-0.2, -0.15) is 0 Å². The molecule has 0 fully saturated rings. The first-order valence-corrected chi connectivity index (χ1v) is 6.96. The zero-order valence-electron chi connectivity index (χ0n) is 12.3. The molecular weight excluding hydrogens is 267 g/mol. The van der Waals surface area contributed by atoms with Crippen LogP contribution in [0.2, 0.25) is 0 Å². The van der Waals surface area contributed by atoms with E-state index < -0.39 is 5.82 Å². The second-order valence-corrected chi connectivity index (χ2v) is 4.88. The van der Waals surface area contributed by atoms with Gasteiger partial charge >= 0.3 is 0 Å². The number of para-hydroxylation sites is 1. The SMILES string of the molecule is CCN(CC(=O)Nc1ccc(C)cc1F)c1ccccc1. The van der Waals surface area contributed by atoms with Crippen molar-refractivity contribution >= 4 is 17.3 Å². The number of nitrogens with zero attached hydrogens (tertiary/aromatic N) is 1. The number of rotatable bonds is 5. The van der Waals surface area contributed by atoms with Gasteiger partial charge < -0.3 is 10.2 Å². The minimum Gasteiger partial charge on any atom is -0.362 e. The van der Waals surface area contributed by atoms with Crippen LogP contribution >= 0.6 is 0 Å². The third-order valence-corrected chi connectivity index (χ3v) is 3.24. The predicted molar refractivity (Wildman–Crippen MR) is 84.1 cm³/mol. The summed E-state index contributed by atoms with van der Waals surface area (Å²) in [6.45, 7) is 4.68. The molecule has 1 amide bonds. The van der Waals surface area contributed by atoms with E-state index in [0.29, 0.717) is 6.54 Å². The highest BCUT2D eigenvalue weighted by molar-refractivity contribution is 5.94. The highest BCUT2D eigenvalue weighted by Crippen LogP contribution is 2.16. The van der Waals surface area contributed by atoms with Crippen molar-refractivity contribution in [2.75, 3.05) is 23.3 Å². The Morgan fingerprint density at radius 3 is 2.52 bits per heavy atom. The van der Waals surface area contributed by atoms with Gasteiger partial charge in [-0.25, -0.2) is 4.39 Å². The van der Waals surface area contributed by atoms with E-state index in [-0.39, 0.29) is 18.1 Å². The number of benzene rings is 2. The van der Waals surface area contributed by atoms with E-state index in [4.69, 9.17) is 0 Å². The highest BCUT2D eigenvalue weighted by Gasteiger charge is 2.11. The van der Waals surface area contributed by atoms with Crippen LogP contribution < -0.4 is 10.2 Å². The van der Waals surface area contributed by atoms with Crippen LogP contribution in [0.4, 0.5) is 15.8 Å². The molecule has 2 aromatic carbocycles. The van der Waals surface area contributed by atoms with E-state index in [9.17, 15) is 9.18 Å². The van der Waals surface area contributed by atoms with Crippen LogP contribution in [-0.4, -0.2) is 19.0 Å². The predicted octanol–water partition coefficient (Wildman–Crippen LogP) is 3.60. The highest BCUT2D eigenvalue weighted by atomic mass is 19.1. The van der Waals surface area contributed by atoms with E-state index in [1.807, 2.05) is 49.1 Å². The quantitative estimate of drug-likeness (QED) is 0.911. The molecule has 2 rings (SSSR count). The zero-order valence-corrected chi connectivity index (χ0v) is 12.3. The molecule has 0 radical (unpaired) electrons. The van der Waals surface area contributed by atoms with Crippen LogP contribution in [0.1, 0.15) is 12.5 Å². The second-order valence-electron chi connectivity index (χ2n) is 4.88. The van der Waals surface area contributed by atoms with Gasteiger partial charge in [0, 0.05) is 12.2 Å². The Bertz CT molecular complexity index is 613. The lowest BCUT2D eigenvalue weighted by molar-refractivity contribution is -0.115. The molecule has 0 heterocycles. The molecule has 0 unspecified atom stereocenters. The van der Waals surface area contributed by atoms with Gasteiger partial charge in [0.2, 0.25) is 5.91 Å². The molecule has 0 atom stereocenters. The molecule has 110 valence electrons. The van der Waals surface area contributed by atoms with Crippen LogP contribution in [0.25, 0.3) is 0 Å². The lowest BCUT2D eigenvalue weighted by Gasteiger charge is -2.22. The third-order valence-electron chi connectivity index (χ3n) is 3.24. The van der Waals surface area contributed by atoms with Gasteiger partial charge in [0.05, 0.1) is 12.2 Å². The molecule has 2 aromatic rings. The number of hydrogen-bond donors (Lipinski definition) is 1. The summed E-state index contributed by atoms with van der Waals surface area (Å²) in [4.78, 5) is 14.0. The first-order valence-electron chi connectivity index (χ1n) is 6.96. The van der Waals surface area contributed by atoms with E-state index in [1.54, 1.807) is 12.1 Å². The van der Waals surface area contributed by atoms with Gasteiger partial charge in [-0.05, 0) is 43.7 Å². The number of likely N-dealkylation sites (N-methyl/N-ethyl adjacent to an activating group) is 1. The normalized spacial score (nSPS) is 10.2. The maximum atomic E-state index is 13.7. The molecule has 0 aliphatic heterocycles. The number of carbonyl (C=O) groups excluding carboxylic acids is 1. The van der Waals surface area contributed by atoms with Crippen molar-refractivity contribution in [1.29, 1.82) is 0 Å². The molecule has 0 saturated carbocycles. The molecule has 4 heteroatoms. The summed E-state index contributed by atoms with van der Waals surface area (Å²) < 4.78 is 13.7. The molecule has 0 aliphatic rings.